The number of amides is 3. The third-order valence-electron chi connectivity index (χ3n) is 4.96. The summed E-state index contributed by atoms with van der Waals surface area (Å²) in [5, 5.41) is 3.46. The average molecular weight is 360 g/mol. The molecule has 1 saturated heterocycles. The lowest BCUT2D eigenvalue weighted by molar-refractivity contribution is -0.125. The molecule has 2 aromatic rings. The van der Waals surface area contributed by atoms with Crippen LogP contribution < -0.4 is 10.2 Å². The number of carbonyl (C=O) groups is 2. The fraction of sp³-hybridized carbons (Fsp3) is 0.278. The van der Waals surface area contributed by atoms with Crippen LogP contribution in [0.25, 0.3) is 0 Å². The first kappa shape index (κ1) is 16.0. The number of rotatable bonds is 2. The molecule has 2 aliphatic rings. The van der Waals surface area contributed by atoms with Crippen LogP contribution in [0.3, 0.4) is 0 Å². The minimum absolute atomic E-state index is 0.116. The van der Waals surface area contributed by atoms with Crippen LogP contribution in [0.2, 0.25) is 5.02 Å². The van der Waals surface area contributed by atoms with Crippen LogP contribution in [0.4, 0.5) is 14.9 Å². The van der Waals surface area contributed by atoms with E-state index in [9.17, 15) is 14.0 Å². The van der Waals surface area contributed by atoms with Gasteiger partial charge in [0.15, 0.2) is 0 Å². The number of benzene rings is 1. The van der Waals surface area contributed by atoms with E-state index >= 15 is 0 Å². The van der Waals surface area contributed by atoms with Gasteiger partial charge in [-0.25, -0.2) is 14.7 Å². The van der Waals surface area contributed by atoms with Crippen LogP contribution in [-0.4, -0.2) is 22.5 Å². The van der Waals surface area contributed by atoms with Gasteiger partial charge in [0.1, 0.15) is 5.54 Å². The Hall–Kier alpha value is -2.47. The second-order valence-electron chi connectivity index (χ2n) is 6.52. The molecule has 2 fully saturated rings. The lowest BCUT2D eigenvalue weighted by Crippen LogP contribution is -2.56. The van der Waals surface area contributed by atoms with Crippen molar-refractivity contribution in [2.45, 2.75) is 31.2 Å². The van der Waals surface area contributed by atoms with Gasteiger partial charge in [-0.05, 0) is 49.4 Å². The quantitative estimate of drug-likeness (QED) is 0.658. The number of aryl methyl sites for hydroxylation is 1. The maximum Gasteiger partial charge on any atom is 0.329 e. The smallest absolute Gasteiger partial charge is 0.323 e. The molecule has 4 rings (SSSR count). The van der Waals surface area contributed by atoms with E-state index in [4.69, 9.17) is 11.6 Å². The molecule has 25 heavy (non-hydrogen) atoms. The molecule has 1 saturated carbocycles. The number of aromatic nitrogens is 1. The Morgan fingerprint density at radius 2 is 1.96 bits per heavy atom. The predicted molar refractivity (Wildman–Crippen MR) is 91.1 cm³/mol. The second kappa shape index (κ2) is 5.52. The van der Waals surface area contributed by atoms with Gasteiger partial charge in [0, 0.05) is 5.02 Å². The molecule has 2 heterocycles. The van der Waals surface area contributed by atoms with Gasteiger partial charge in [-0.3, -0.25) is 4.79 Å². The Bertz CT molecular complexity index is 896. The first-order valence-corrected chi connectivity index (χ1v) is 8.33. The summed E-state index contributed by atoms with van der Waals surface area (Å²) in [5.41, 5.74) is 0.668. The molecule has 128 valence electrons. The van der Waals surface area contributed by atoms with Gasteiger partial charge in [0.05, 0.1) is 11.4 Å². The molecule has 1 spiro atoms. The van der Waals surface area contributed by atoms with Gasteiger partial charge in [0.2, 0.25) is 5.95 Å². The molecule has 1 aliphatic heterocycles. The second-order valence-corrected chi connectivity index (χ2v) is 6.93. The maximum atomic E-state index is 13.2. The van der Waals surface area contributed by atoms with E-state index < -0.39 is 17.5 Å². The van der Waals surface area contributed by atoms with E-state index in [1.165, 1.54) is 6.07 Å². The molecule has 5 nitrogen and oxygen atoms in total. The Kier molecular flexibility index (Phi) is 3.54. The van der Waals surface area contributed by atoms with Gasteiger partial charge in [-0.15, -0.1) is 0 Å². The zero-order valence-corrected chi connectivity index (χ0v) is 14.2. The van der Waals surface area contributed by atoms with E-state index in [0.29, 0.717) is 29.2 Å². The summed E-state index contributed by atoms with van der Waals surface area (Å²) in [6, 6.07) is 9.55. The molecule has 3 amide bonds. The van der Waals surface area contributed by atoms with Gasteiger partial charge in [-0.1, -0.05) is 29.8 Å². The molecular formula is C18H15ClFN3O2. The summed E-state index contributed by atoms with van der Waals surface area (Å²) in [6.07, 6.45) is 0.983. The highest BCUT2D eigenvalue weighted by Crippen LogP contribution is 2.49. The molecule has 1 aromatic carbocycles. The fourth-order valence-electron chi connectivity index (χ4n) is 3.68. The monoisotopic (exact) mass is 359 g/mol. The number of hydrogen-bond donors (Lipinski definition) is 1. The molecule has 7 heteroatoms. The maximum absolute atomic E-state index is 13.2. The molecular weight excluding hydrogens is 345 g/mol. The zero-order chi connectivity index (χ0) is 17.8. The van der Waals surface area contributed by atoms with Crippen LogP contribution in [0.1, 0.15) is 30.0 Å². The Labute approximate surface area is 148 Å². The standard InChI is InChI=1S/C18H15ClFN3O2/c1-10-14(6-7-15(20)21-10)23-16(24)18(22-17(23)25)8-11(9-18)12-4-2-3-5-13(12)19/h2-7,11H,8-9H2,1H3,(H,22,25). The van der Waals surface area contributed by atoms with E-state index in [-0.39, 0.29) is 11.8 Å². The lowest BCUT2D eigenvalue weighted by atomic mass is 9.65. The van der Waals surface area contributed by atoms with E-state index in [1.807, 2.05) is 24.3 Å². The Morgan fingerprint density at radius 1 is 1.24 bits per heavy atom. The van der Waals surface area contributed by atoms with Crippen molar-refractivity contribution in [1.29, 1.82) is 0 Å². The van der Waals surface area contributed by atoms with Gasteiger partial charge < -0.3 is 5.32 Å². The van der Waals surface area contributed by atoms with Gasteiger partial charge in [-0.2, -0.15) is 4.39 Å². The minimum Gasteiger partial charge on any atom is -0.323 e. The highest BCUT2D eigenvalue weighted by atomic mass is 35.5. The number of nitrogens with one attached hydrogen (secondary N) is 1. The number of nitrogens with zero attached hydrogens (tertiary/aromatic N) is 2. The third kappa shape index (κ3) is 2.40. The summed E-state index contributed by atoms with van der Waals surface area (Å²) in [4.78, 5) is 30.0. The van der Waals surface area contributed by atoms with Crippen molar-refractivity contribution in [2.24, 2.45) is 0 Å². The molecule has 1 aromatic heterocycles. The Balaban J connectivity index is 1.60. The molecule has 1 aliphatic carbocycles. The SMILES string of the molecule is Cc1nc(F)ccc1N1C(=O)NC2(CC(c3ccccc3Cl)C2)C1=O. The number of anilines is 1. The van der Waals surface area contributed by atoms with E-state index in [2.05, 4.69) is 10.3 Å². The van der Waals surface area contributed by atoms with E-state index in [1.54, 1.807) is 6.92 Å². The number of imide groups is 1. The van der Waals surface area contributed by atoms with Crippen molar-refractivity contribution < 1.29 is 14.0 Å². The molecule has 1 N–H and O–H groups in total. The highest BCUT2D eigenvalue weighted by molar-refractivity contribution is 6.31. The lowest BCUT2D eigenvalue weighted by Gasteiger charge is -2.43. The number of halogens is 2. The van der Waals surface area contributed by atoms with Crippen LogP contribution >= 0.6 is 11.6 Å². The number of carbonyl (C=O) groups excluding carboxylic acids is 2. The largest absolute Gasteiger partial charge is 0.329 e. The summed E-state index contributed by atoms with van der Waals surface area (Å²) in [5.74, 6) is -0.854. The number of urea groups is 1. The molecule has 0 atom stereocenters. The van der Waals surface area contributed by atoms with Gasteiger partial charge in [0.25, 0.3) is 5.91 Å². The van der Waals surface area contributed by atoms with Crippen LogP contribution in [0.5, 0.6) is 0 Å². The average Bonchev–Trinajstić information content (AvgIpc) is 2.79. The Morgan fingerprint density at radius 3 is 2.64 bits per heavy atom. The summed E-state index contributed by atoms with van der Waals surface area (Å²) in [7, 11) is 0. The van der Waals surface area contributed by atoms with Crippen LogP contribution in [0, 0.1) is 12.9 Å². The van der Waals surface area contributed by atoms with Crippen molar-refractivity contribution >= 4 is 29.2 Å². The topological polar surface area (TPSA) is 62.3 Å². The highest BCUT2D eigenvalue weighted by Gasteiger charge is 2.59. The zero-order valence-electron chi connectivity index (χ0n) is 13.4. The van der Waals surface area contributed by atoms with Crippen molar-refractivity contribution in [2.75, 3.05) is 4.90 Å². The fourth-order valence-corrected chi connectivity index (χ4v) is 3.97. The van der Waals surface area contributed by atoms with Crippen molar-refractivity contribution in [3.05, 3.63) is 58.6 Å². The van der Waals surface area contributed by atoms with Crippen molar-refractivity contribution in [3.63, 3.8) is 0 Å². The molecule has 0 unspecified atom stereocenters. The predicted octanol–water partition coefficient (Wildman–Crippen LogP) is 3.56. The normalized spacial score (nSPS) is 25.2. The van der Waals surface area contributed by atoms with E-state index in [0.717, 1.165) is 16.5 Å². The summed E-state index contributed by atoms with van der Waals surface area (Å²) >= 11 is 6.23. The third-order valence-corrected chi connectivity index (χ3v) is 5.31. The summed E-state index contributed by atoms with van der Waals surface area (Å²) in [6.45, 7) is 1.57. The number of hydrogen-bond acceptors (Lipinski definition) is 3. The van der Waals surface area contributed by atoms with Crippen LogP contribution in [0.15, 0.2) is 36.4 Å². The van der Waals surface area contributed by atoms with Crippen molar-refractivity contribution in [3.8, 4) is 0 Å². The molecule has 0 radical (unpaired) electrons. The van der Waals surface area contributed by atoms with Gasteiger partial charge >= 0.3 is 6.03 Å². The first-order valence-electron chi connectivity index (χ1n) is 7.95. The first-order chi connectivity index (χ1) is 11.9. The van der Waals surface area contributed by atoms with Crippen LogP contribution in [-0.2, 0) is 4.79 Å². The number of pyridine rings is 1. The molecule has 0 bridgehead atoms. The van der Waals surface area contributed by atoms with Crippen molar-refractivity contribution in [1.82, 2.24) is 10.3 Å². The summed E-state index contributed by atoms with van der Waals surface area (Å²) < 4.78 is 13.2. The minimum atomic E-state index is -0.915.